The maximum atomic E-state index is 12.7. The lowest BCUT2D eigenvalue weighted by molar-refractivity contribution is -0.117. The molecule has 0 radical (unpaired) electrons. The van der Waals surface area contributed by atoms with Crippen molar-refractivity contribution in [2.75, 3.05) is 20.5 Å². The predicted octanol–water partition coefficient (Wildman–Crippen LogP) is 2.40. The molecule has 1 fully saturated rings. The summed E-state index contributed by atoms with van der Waals surface area (Å²) >= 11 is 0. The van der Waals surface area contributed by atoms with E-state index in [-0.39, 0.29) is 12.7 Å². The Morgan fingerprint density at radius 1 is 1.31 bits per heavy atom. The maximum Gasteiger partial charge on any atom is 0.256 e. The molecule has 1 aromatic carbocycles. The molecule has 7 nitrogen and oxygen atoms in total. The Morgan fingerprint density at radius 3 is 2.85 bits per heavy atom. The van der Waals surface area contributed by atoms with E-state index in [1.807, 2.05) is 25.1 Å². The molecule has 0 saturated heterocycles. The van der Waals surface area contributed by atoms with Gasteiger partial charge in [-0.1, -0.05) is 6.07 Å². The van der Waals surface area contributed by atoms with Gasteiger partial charge in [0, 0.05) is 12.7 Å². The van der Waals surface area contributed by atoms with Gasteiger partial charge in [-0.15, -0.1) is 0 Å². The number of rotatable bonds is 9. The van der Waals surface area contributed by atoms with Crippen LogP contribution in [0.1, 0.15) is 25.3 Å². The second-order valence-corrected chi connectivity index (χ2v) is 6.16. The summed E-state index contributed by atoms with van der Waals surface area (Å²) in [5.41, 5.74) is 3.90. The Bertz CT molecular complexity index is 710. The van der Waals surface area contributed by atoms with Crippen LogP contribution in [0, 0.1) is 5.92 Å². The zero-order chi connectivity index (χ0) is 18.4. The van der Waals surface area contributed by atoms with Crippen molar-refractivity contribution >= 4 is 5.91 Å². The Kier molecular flexibility index (Phi) is 6.01. The van der Waals surface area contributed by atoms with Crippen LogP contribution in [0.3, 0.4) is 0 Å². The number of hydroxylamine groups is 1. The molecular weight excluding hydrogens is 336 g/mol. The summed E-state index contributed by atoms with van der Waals surface area (Å²) in [6, 6.07) is 5.59. The van der Waals surface area contributed by atoms with Gasteiger partial charge in [0.1, 0.15) is 5.76 Å². The van der Waals surface area contributed by atoms with Crippen molar-refractivity contribution in [1.29, 1.82) is 0 Å². The molecule has 140 valence electrons. The number of fused-ring (bicyclic) bond motifs is 1. The minimum absolute atomic E-state index is 0.226. The van der Waals surface area contributed by atoms with E-state index in [9.17, 15) is 4.79 Å². The van der Waals surface area contributed by atoms with Crippen molar-refractivity contribution < 1.29 is 23.8 Å². The minimum atomic E-state index is -0.254. The molecule has 1 aromatic rings. The molecule has 0 bridgehead atoms. The largest absolute Gasteiger partial charge is 0.493 e. The summed E-state index contributed by atoms with van der Waals surface area (Å²) in [4.78, 5) is 17.5. The molecule has 0 spiro atoms. The van der Waals surface area contributed by atoms with E-state index in [2.05, 4.69) is 10.8 Å². The molecule has 0 atom stereocenters. The Morgan fingerprint density at radius 2 is 2.12 bits per heavy atom. The van der Waals surface area contributed by atoms with E-state index in [1.54, 1.807) is 6.08 Å². The minimum Gasteiger partial charge on any atom is -0.493 e. The maximum absolute atomic E-state index is 12.7. The summed E-state index contributed by atoms with van der Waals surface area (Å²) in [6.45, 7) is 3.05. The molecule has 1 heterocycles. The molecule has 7 heteroatoms. The summed E-state index contributed by atoms with van der Waals surface area (Å²) < 4.78 is 16.5. The number of nitrogens with one attached hydrogen (secondary N) is 2. The second kappa shape index (κ2) is 8.62. The number of carbonyl (C=O) groups is 1. The van der Waals surface area contributed by atoms with Crippen LogP contribution >= 0.6 is 0 Å². The lowest BCUT2D eigenvalue weighted by Gasteiger charge is -2.14. The van der Waals surface area contributed by atoms with Crippen molar-refractivity contribution in [3.63, 3.8) is 0 Å². The highest BCUT2D eigenvalue weighted by molar-refractivity contribution is 5.97. The highest BCUT2D eigenvalue weighted by atomic mass is 16.7. The molecule has 0 aromatic heterocycles. The van der Waals surface area contributed by atoms with Crippen molar-refractivity contribution in [3.8, 4) is 11.5 Å². The summed E-state index contributed by atoms with van der Waals surface area (Å²) in [7, 11) is 1.49. The van der Waals surface area contributed by atoms with Gasteiger partial charge >= 0.3 is 0 Å². The third-order valence-electron chi connectivity index (χ3n) is 4.15. The number of benzene rings is 1. The summed E-state index contributed by atoms with van der Waals surface area (Å²) in [6.07, 6.45) is 5.65. The van der Waals surface area contributed by atoms with Crippen LogP contribution in [0.2, 0.25) is 0 Å². The topological polar surface area (TPSA) is 78.1 Å². The van der Waals surface area contributed by atoms with Crippen molar-refractivity contribution in [2.24, 2.45) is 5.92 Å². The average Bonchev–Trinajstić information content (AvgIpc) is 3.37. The SMILES string of the molecule is C/C=C(OCC1CC1)\C(=C/NOC)C(=O)NCc1ccc2c(c1)OCO2. The smallest absolute Gasteiger partial charge is 0.256 e. The van der Waals surface area contributed by atoms with E-state index in [1.165, 1.54) is 26.2 Å². The van der Waals surface area contributed by atoms with Gasteiger partial charge in [0.25, 0.3) is 5.91 Å². The van der Waals surface area contributed by atoms with Gasteiger partial charge in [-0.2, -0.15) is 0 Å². The zero-order valence-corrected chi connectivity index (χ0v) is 15.0. The molecule has 1 aliphatic heterocycles. The molecule has 26 heavy (non-hydrogen) atoms. The molecule has 0 unspecified atom stereocenters. The van der Waals surface area contributed by atoms with Crippen LogP contribution in [0.25, 0.3) is 0 Å². The average molecular weight is 360 g/mol. The highest BCUT2D eigenvalue weighted by Crippen LogP contribution is 2.32. The summed E-state index contributed by atoms with van der Waals surface area (Å²) in [5.74, 6) is 2.28. The van der Waals surface area contributed by atoms with Gasteiger partial charge in [0.2, 0.25) is 6.79 Å². The number of hydrogen-bond donors (Lipinski definition) is 2. The molecule has 2 N–H and O–H groups in total. The van der Waals surface area contributed by atoms with E-state index >= 15 is 0 Å². The van der Waals surface area contributed by atoms with Crippen LogP contribution in [-0.2, 0) is 20.9 Å². The number of carbonyl (C=O) groups excluding carboxylic acids is 1. The Hall–Kier alpha value is -2.67. The first-order valence-corrected chi connectivity index (χ1v) is 8.66. The van der Waals surface area contributed by atoms with Gasteiger partial charge in [-0.05, 0) is 49.5 Å². The Balaban J connectivity index is 1.62. The third kappa shape index (κ3) is 4.70. The van der Waals surface area contributed by atoms with Crippen LogP contribution in [0.15, 0.2) is 41.8 Å². The van der Waals surface area contributed by atoms with Crippen molar-refractivity contribution in [2.45, 2.75) is 26.3 Å². The van der Waals surface area contributed by atoms with Crippen LogP contribution < -0.4 is 20.3 Å². The van der Waals surface area contributed by atoms with Crippen LogP contribution in [0.5, 0.6) is 11.5 Å². The fraction of sp³-hybridized carbons (Fsp3) is 0.421. The standard InChI is InChI=1S/C19H24N2O5/c1-3-16(24-11-13-4-5-13)15(10-21-23-2)19(22)20-9-14-6-7-17-18(8-14)26-12-25-17/h3,6-8,10,13,21H,4-5,9,11-12H2,1-2H3,(H,20,22)/b15-10+,16-3+. The predicted molar refractivity (Wildman–Crippen MR) is 95.1 cm³/mol. The fourth-order valence-corrected chi connectivity index (χ4v) is 2.50. The molecule has 1 aliphatic carbocycles. The molecule has 1 amide bonds. The van der Waals surface area contributed by atoms with E-state index in [0.717, 1.165) is 11.3 Å². The van der Waals surface area contributed by atoms with Crippen molar-refractivity contribution in [3.05, 3.63) is 47.4 Å². The fourth-order valence-electron chi connectivity index (χ4n) is 2.50. The monoisotopic (exact) mass is 360 g/mol. The molecule has 3 rings (SSSR count). The lowest BCUT2D eigenvalue weighted by atomic mass is 10.1. The van der Waals surface area contributed by atoms with Crippen LogP contribution in [0.4, 0.5) is 0 Å². The van der Waals surface area contributed by atoms with E-state index in [4.69, 9.17) is 19.0 Å². The van der Waals surface area contributed by atoms with Gasteiger partial charge in [-0.25, -0.2) is 0 Å². The van der Waals surface area contributed by atoms with Gasteiger partial charge in [0.15, 0.2) is 11.5 Å². The number of allylic oxidation sites excluding steroid dienone is 1. The van der Waals surface area contributed by atoms with Gasteiger partial charge in [-0.3, -0.25) is 15.1 Å². The number of ether oxygens (including phenoxy) is 3. The first-order chi connectivity index (χ1) is 12.7. The van der Waals surface area contributed by atoms with Gasteiger partial charge in [0.05, 0.1) is 19.3 Å². The molecular formula is C19H24N2O5. The lowest BCUT2D eigenvalue weighted by Crippen LogP contribution is -2.27. The number of hydrogen-bond acceptors (Lipinski definition) is 6. The molecule has 2 aliphatic rings. The van der Waals surface area contributed by atoms with Gasteiger partial charge < -0.3 is 19.5 Å². The second-order valence-electron chi connectivity index (χ2n) is 6.16. The van der Waals surface area contributed by atoms with Crippen molar-refractivity contribution in [1.82, 2.24) is 10.8 Å². The first-order valence-electron chi connectivity index (χ1n) is 8.66. The zero-order valence-electron chi connectivity index (χ0n) is 15.0. The Labute approximate surface area is 152 Å². The summed E-state index contributed by atoms with van der Waals surface area (Å²) in [5, 5.41) is 2.90. The third-order valence-corrected chi connectivity index (χ3v) is 4.15. The van der Waals surface area contributed by atoms with E-state index in [0.29, 0.717) is 36.2 Å². The van der Waals surface area contributed by atoms with Crippen LogP contribution in [-0.4, -0.2) is 26.4 Å². The normalized spacial score (nSPS) is 16.4. The first kappa shape index (κ1) is 18.1. The van der Waals surface area contributed by atoms with E-state index < -0.39 is 0 Å². The highest BCUT2D eigenvalue weighted by Gasteiger charge is 2.24. The molecule has 1 saturated carbocycles. The number of amides is 1. The quantitative estimate of drug-likeness (QED) is 0.305.